The van der Waals surface area contributed by atoms with Crippen LogP contribution in [0.1, 0.15) is 18.4 Å². The SMILES string of the molecule is COc1ccc2nc(N(Cc3ccccc3)C(=O)C3CCN(S(=O)(=O)c4cc(F)ccc4F)CC3)sc2c1. The van der Waals surface area contributed by atoms with E-state index in [9.17, 15) is 22.0 Å². The number of halogens is 2. The number of thiazole rings is 1. The molecule has 5 rings (SSSR count). The highest BCUT2D eigenvalue weighted by molar-refractivity contribution is 7.89. The summed E-state index contributed by atoms with van der Waals surface area (Å²) >= 11 is 1.38. The van der Waals surface area contributed by atoms with Crippen molar-refractivity contribution in [2.45, 2.75) is 24.3 Å². The molecule has 0 radical (unpaired) electrons. The van der Waals surface area contributed by atoms with Gasteiger partial charge in [-0.25, -0.2) is 22.2 Å². The molecule has 1 saturated heterocycles. The molecule has 1 aromatic heterocycles. The number of hydrogen-bond acceptors (Lipinski definition) is 6. The van der Waals surface area contributed by atoms with E-state index in [0.717, 1.165) is 32.2 Å². The third kappa shape index (κ3) is 5.27. The number of rotatable bonds is 7. The Labute approximate surface area is 223 Å². The van der Waals surface area contributed by atoms with Gasteiger partial charge in [-0.3, -0.25) is 9.69 Å². The average molecular weight is 558 g/mol. The highest BCUT2D eigenvalue weighted by Crippen LogP contribution is 2.34. The molecule has 2 heterocycles. The predicted molar refractivity (Wildman–Crippen MR) is 142 cm³/mol. The Hall–Kier alpha value is -3.41. The molecule has 1 fully saturated rings. The van der Waals surface area contributed by atoms with Crippen LogP contribution in [-0.2, 0) is 21.4 Å². The Morgan fingerprint density at radius 1 is 1.08 bits per heavy atom. The van der Waals surface area contributed by atoms with Crippen molar-refractivity contribution in [2.75, 3.05) is 25.1 Å². The van der Waals surface area contributed by atoms with Gasteiger partial charge >= 0.3 is 0 Å². The summed E-state index contributed by atoms with van der Waals surface area (Å²) < 4.78 is 61.1. The molecule has 11 heteroatoms. The van der Waals surface area contributed by atoms with Gasteiger partial charge in [0.05, 0.1) is 23.9 Å². The van der Waals surface area contributed by atoms with Crippen molar-refractivity contribution in [1.82, 2.24) is 9.29 Å². The van der Waals surface area contributed by atoms with Gasteiger partial charge in [0, 0.05) is 19.0 Å². The van der Waals surface area contributed by atoms with E-state index in [0.29, 0.717) is 23.5 Å². The number of nitrogens with zero attached hydrogens (tertiary/aromatic N) is 3. The van der Waals surface area contributed by atoms with E-state index in [1.165, 1.54) is 11.3 Å². The molecule has 0 unspecified atom stereocenters. The average Bonchev–Trinajstić information content (AvgIpc) is 3.36. The van der Waals surface area contributed by atoms with E-state index in [2.05, 4.69) is 0 Å². The Bertz CT molecular complexity index is 1570. The van der Waals surface area contributed by atoms with Gasteiger partial charge in [0.15, 0.2) is 5.13 Å². The second kappa shape index (κ2) is 10.8. The lowest BCUT2D eigenvalue weighted by Gasteiger charge is -2.33. The summed E-state index contributed by atoms with van der Waals surface area (Å²) in [6.07, 6.45) is 0.498. The number of methoxy groups -OCH3 is 1. The molecule has 38 heavy (non-hydrogen) atoms. The zero-order valence-corrected chi connectivity index (χ0v) is 22.1. The minimum absolute atomic E-state index is 0.0188. The first-order valence-electron chi connectivity index (χ1n) is 12.0. The zero-order valence-electron chi connectivity index (χ0n) is 20.5. The first kappa shape index (κ1) is 26.2. The highest BCUT2D eigenvalue weighted by atomic mass is 32.2. The second-order valence-corrected chi connectivity index (χ2v) is 11.9. The molecule has 3 aromatic carbocycles. The quantitative estimate of drug-likeness (QED) is 0.312. The van der Waals surface area contributed by atoms with Crippen LogP contribution in [0.25, 0.3) is 10.2 Å². The summed E-state index contributed by atoms with van der Waals surface area (Å²) in [6.45, 7) is 0.347. The number of aromatic nitrogens is 1. The van der Waals surface area contributed by atoms with Gasteiger partial charge in [-0.05, 0) is 54.8 Å². The molecular weight excluding hydrogens is 532 g/mol. The number of piperidine rings is 1. The van der Waals surface area contributed by atoms with Crippen molar-refractivity contribution in [3.63, 3.8) is 0 Å². The van der Waals surface area contributed by atoms with Crippen molar-refractivity contribution >= 4 is 42.6 Å². The molecule has 0 N–H and O–H groups in total. The third-order valence-electron chi connectivity index (χ3n) is 6.58. The van der Waals surface area contributed by atoms with Gasteiger partial charge < -0.3 is 4.74 Å². The minimum Gasteiger partial charge on any atom is -0.497 e. The lowest BCUT2D eigenvalue weighted by molar-refractivity contribution is -0.123. The van der Waals surface area contributed by atoms with Crippen molar-refractivity contribution in [1.29, 1.82) is 0 Å². The fourth-order valence-electron chi connectivity index (χ4n) is 4.52. The van der Waals surface area contributed by atoms with Crippen LogP contribution in [0.15, 0.2) is 71.6 Å². The molecular formula is C27H25F2N3O4S2. The summed E-state index contributed by atoms with van der Waals surface area (Å²) in [5.74, 6) is -1.76. The van der Waals surface area contributed by atoms with Gasteiger partial charge in [-0.1, -0.05) is 41.7 Å². The summed E-state index contributed by atoms with van der Waals surface area (Å²) in [7, 11) is -2.65. The largest absolute Gasteiger partial charge is 0.497 e. The Morgan fingerprint density at radius 2 is 1.82 bits per heavy atom. The van der Waals surface area contributed by atoms with Crippen molar-refractivity contribution in [3.8, 4) is 5.75 Å². The van der Waals surface area contributed by atoms with E-state index in [4.69, 9.17) is 9.72 Å². The first-order valence-corrected chi connectivity index (χ1v) is 14.3. The molecule has 0 atom stereocenters. The highest BCUT2D eigenvalue weighted by Gasteiger charge is 2.36. The van der Waals surface area contributed by atoms with Crippen LogP contribution in [0, 0.1) is 17.6 Å². The maximum absolute atomic E-state index is 14.2. The van der Waals surface area contributed by atoms with E-state index in [-0.39, 0.29) is 31.8 Å². The number of sulfonamides is 1. The number of anilines is 1. The van der Waals surface area contributed by atoms with E-state index < -0.39 is 32.5 Å². The molecule has 4 aromatic rings. The normalized spacial score (nSPS) is 15.0. The molecule has 0 aliphatic carbocycles. The molecule has 1 amide bonds. The first-order chi connectivity index (χ1) is 18.3. The van der Waals surface area contributed by atoms with E-state index >= 15 is 0 Å². The maximum Gasteiger partial charge on any atom is 0.246 e. The van der Waals surface area contributed by atoms with Gasteiger partial charge in [0.1, 0.15) is 22.3 Å². The molecule has 1 aliphatic rings. The standard InChI is InChI=1S/C27H25F2N3O4S2/c1-36-21-8-10-23-24(16-21)37-27(30-23)32(17-18-5-3-2-4-6-18)26(33)19-11-13-31(14-12-19)38(34,35)25-15-20(28)7-9-22(25)29/h2-10,15-16,19H,11-14,17H2,1H3. The van der Waals surface area contributed by atoms with Gasteiger partial charge in [0.25, 0.3) is 0 Å². The van der Waals surface area contributed by atoms with E-state index in [1.807, 2.05) is 48.5 Å². The molecule has 0 bridgehead atoms. The van der Waals surface area contributed by atoms with Crippen LogP contribution in [0.3, 0.4) is 0 Å². The fraction of sp³-hybridized carbons (Fsp3) is 0.259. The third-order valence-corrected chi connectivity index (χ3v) is 9.53. The summed E-state index contributed by atoms with van der Waals surface area (Å²) in [5.41, 5.74) is 1.67. The molecule has 198 valence electrons. The number of ether oxygens (including phenoxy) is 1. The Morgan fingerprint density at radius 3 is 2.53 bits per heavy atom. The Kier molecular flexibility index (Phi) is 7.42. The number of benzene rings is 3. The number of hydrogen-bond donors (Lipinski definition) is 0. The topological polar surface area (TPSA) is 79.8 Å². The zero-order chi connectivity index (χ0) is 26.9. The van der Waals surface area contributed by atoms with Crippen molar-refractivity contribution in [3.05, 3.63) is 83.9 Å². The van der Waals surface area contributed by atoms with E-state index in [1.54, 1.807) is 12.0 Å². The van der Waals surface area contributed by atoms with Crippen LogP contribution in [0.5, 0.6) is 5.75 Å². The number of amides is 1. The van der Waals surface area contributed by atoms with Crippen LogP contribution in [0.2, 0.25) is 0 Å². The fourth-order valence-corrected chi connectivity index (χ4v) is 7.06. The molecule has 1 aliphatic heterocycles. The predicted octanol–water partition coefficient (Wildman–Crippen LogP) is 5.22. The molecule has 7 nitrogen and oxygen atoms in total. The van der Waals surface area contributed by atoms with Crippen LogP contribution in [0.4, 0.5) is 13.9 Å². The molecule has 0 spiro atoms. The van der Waals surface area contributed by atoms with Gasteiger partial charge in [-0.2, -0.15) is 4.31 Å². The number of carbonyl (C=O) groups excluding carboxylic acids is 1. The van der Waals surface area contributed by atoms with Crippen LogP contribution < -0.4 is 9.64 Å². The molecule has 0 saturated carbocycles. The Balaban J connectivity index is 1.38. The lowest BCUT2D eigenvalue weighted by Crippen LogP contribution is -2.44. The second-order valence-electron chi connectivity index (χ2n) is 8.99. The minimum atomic E-state index is -4.24. The van der Waals surface area contributed by atoms with Crippen LogP contribution >= 0.6 is 11.3 Å². The van der Waals surface area contributed by atoms with Crippen molar-refractivity contribution in [2.24, 2.45) is 5.92 Å². The van der Waals surface area contributed by atoms with Gasteiger partial charge in [0.2, 0.25) is 15.9 Å². The van der Waals surface area contributed by atoms with Crippen molar-refractivity contribution < 1.29 is 26.7 Å². The maximum atomic E-state index is 14.2. The summed E-state index contributed by atoms with van der Waals surface area (Å²) in [6, 6.07) is 17.4. The lowest BCUT2D eigenvalue weighted by atomic mass is 9.96. The number of carbonyl (C=O) groups is 1. The van der Waals surface area contributed by atoms with Gasteiger partial charge in [-0.15, -0.1) is 0 Å². The summed E-state index contributed by atoms with van der Waals surface area (Å²) in [4.78, 5) is 19.5. The number of fused-ring (bicyclic) bond motifs is 1. The monoisotopic (exact) mass is 557 g/mol. The summed E-state index contributed by atoms with van der Waals surface area (Å²) in [5, 5.41) is 0.541. The smallest absolute Gasteiger partial charge is 0.246 e. The van der Waals surface area contributed by atoms with Crippen LogP contribution in [-0.4, -0.2) is 43.8 Å².